The Hall–Kier alpha value is -8.54. The highest BCUT2D eigenvalue weighted by atomic mass is 16.5. The molecule has 16 atom stereocenters. The minimum Gasteiger partial charge on any atom is -0.458 e. The van der Waals surface area contributed by atoms with Crippen LogP contribution < -0.4 is 69.5 Å². The number of esters is 1. The number of carbonyl (C=O) groups excluding carboxylic acids is 14. The fourth-order valence-corrected chi connectivity index (χ4v) is 11.4. The van der Waals surface area contributed by atoms with E-state index in [4.69, 9.17) is 10.5 Å². The molecule has 0 bridgehead atoms. The van der Waals surface area contributed by atoms with Crippen LogP contribution in [0.1, 0.15) is 169 Å². The fraction of sp³-hybridized carbons (Fsp3) is 0.686. The molecule has 0 unspecified atom stereocenters. The number of aliphatic hydroxyl groups is 1. The molecule has 0 saturated carbocycles. The number of cyclic esters (lactones) is 1. The molecule has 2 fully saturated rings. The van der Waals surface area contributed by atoms with Crippen molar-refractivity contribution in [2.45, 2.75) is 254 Å². The van der Waals surface area contributed by atoms with Gasteiger partial charge in [0.1, 0.15) is 84.3 Å². The van der Waals surface area contributed by atoms with E-state index in [0.717, 1.165) is 0 Å². The monoisotopic (exact) mass is 1410 g/mol. The van der Waals surface area contributed by atoms with Crippen LogP contribution in [0, 0.1) is 41.4 Å². The Bertz CT molecular complexity index is 3050. The summed E-state index contributed by atoms with van der Waals surface area (Å²) in [5.41, 5.74) is 6.32. The number of hydrogen-bond donors (Lipinski definition) is 14. The van der Waals surface area contributed by atoms with Crippen LogP contribution in [0.4, 0.5) is 0 Å². The molecular formula is C70H114N14O16. The number of rotatable bonds is 29. The summed E-state index contributed by atoms with van der Waals surface area (Å²) in [6.45, 7) is 28.7. The largest absolute Gasteiger partial charge is 0.458 e. The summed E-state index contributed by atoms with van der Waals surface area (Å²) in [6.07, 6.45) is -0.578. The standard InChI is InChI=1S/C70H114N14O16/c1-19-39(14)54(80-59(88)46(29-25-31-71)74-61(90)48-30-26-32-84(48)69(98)52(37(10)11)78-64(93)51(36(8)9)77-67(96)56(41(16)85)82-63(92)49(34(4)5)72-43(18)86)66(95)83-57-42(17)100-70(99)53(38(12)13)79-58(87)45(21-3)73-60(89)47(33-44-27-23-22-24-28-44)75-62(91)50(35(6)7)76-65(94)55(40(15)20-2)81-68(57)97/h21-24,27-28,34-42,46-57,85H,19-20,25-26,29-33,71H2,1-18H3,(H,72,86)(H,73,89)(H,74,90)(H,75,91)(H,76,94)(H,77,96)(H,78,93)(H,79,87)(H,80,88)(H,81,97)(H,82,92)(H,83,95)/b45-21-/t39-,40-,41-,42+,46+,47+,48-,49-,50-,51+,52-,53+,54-,55-,56+,57-/m1/s1. The number of allylic oxidation sites excluding steroid dienone is 1. The minimum atomic E-state index is -1.83. The van der Waals surface area contributed by atoms with Crippen LogP contribution >= 0.6 is 0 Å². The lowest BCUT2D eigenvalue weighted by atomic mass is 9.95. The van der Waals surface area contributed by atoms with Crippen molar-refractivity contribution in [3.8, 4) is 0 Å². The van der Waals surface area contributed by atoms with E-state index >= 15 is 4.79 Å². The topological polar surface area (TPSA) is 442 Å². The third kappa shape index (κ3) is 25.0. The second-order valence-corrected chi connectivity index (χ2v) is 28.0. The molecule has 30 nitrogen and oxygen atoms in total. The summed E-state index contributed by atoms with van der Waals surface area (Å²) < 4.78 is 5.95. The number of hydrogen-bond acceptors (Lipinski definition) is 17. The highest BCUT2D eigenvalue weighted by molar-refractivity contribution is 6.03. The summed E-state index contributed by atoms with van der Waals surface area (Å²) >= 11 is 0. The molecule has 2 heterocycles. The first kappa shape index (κ1) is 85.7. The average Bonchev–Trinajstić information content (AvgIpc) is 1.34. The zero-order valence-electron chi connectivity index (χ0n) is 61.5. The molecule has 30 heteroatoms. The molecule has 0 radical (unpaired) electrons. The molecule has 2 aliphatic heterocycles. The predicted molar refractivity (Wildman–Crippen MR) is 372 cm³/mol. The van der Waals surface area contributed by atoms with E-state index in [1.807, 2.05) is 0 Å². The molecule has 0 spiro atoms. The van der Waals surface area contributed by atoms with Gasteiger partial charge in [-0.3, -0.25) is 62.3 Å². The second kappa shape index (κ2) is 40.6. The van der Waals surface area contributed by atoms with Crippen LogP contribution in [0.3, 0.4) is 0 Å². The van der Waals surface area contributed by atoms with Gasteiger partial charge >= 0.3 is 5.97 Å². The quantitative estimate of drug-likeness (QED) is 0.0372. The molecule has 0 aromatic heterocycles. The van der Waals surface area contributed by atoms with Gasteiger partial charge in [-0.2, -0.15) is 0 Å². The third-order valence-corrected chi connectivity index (χ3v) is 18.1. The zero-order chi connectivity index (χ0) is 75.7. The predicted octanol–water partition coefficient (Wildman–Crippen LogP) is 0.0300. The summed E-state index contributed by atoms with van der Waals surface area (Å²) in [6, 6.07) is -7.65. The number of amides is 13. The molecule has 1 aromatic rings. The first-order valence-electron chi connectivity index (χ1n) is 35.1. The summed E-state index contributed by atoms with van der Waals surface area (Å²) in [5.74, 6) is -15.7. The molecule has 2 saturated heterocycles. The van der Waals surface area contributed by atoms with E-state index < -0.39 is 209 Å². The van der Waals surface area contributed by atoms with E-state index in [-0.39, 0.29) is 50.9 Å². The molecular weight excluding hydrogens is 1290 g/mol. The van der Waals surface area contributed by atoms with Crippen LogP contribution in [-0.4, -0.2) is 191 Å². The number of carbonyl (C=O) groups is 14. The lowest BCUT2D eigenvalue weighted by Gasteiger charge is -2.33. The van der Waals surface area contributed by atoms with Crippen molar-refractivity contribution in [2.24, 2.45) is 47.2 Å². The lowest BCUT2D eigenvalue weighted by Crippen LogP contribution is -2.64. The van der Waals surface area contributed by atoms with Crippen LogP contribution in [0.5, 0.6) is 0 Å². The van der Waals surface area contributed by atoms with Crippen LogP contribution in [0.15, 0.2) is 42.1 Å². The van der Waals surface area contributed by atoms with Gasteiger partial charge in [-0.25, -0.2) is 4.79 Å². The van der Waals surface area contributed by atoms with Crippen molar-refractivity contribution in [1.82, 2.24) is 68.7 Å². The first-order chi connectivity index (χ1) is 46.8. The Kier molecular flexibility index (Phi) is 34.8. The maximum Gasteiger partial charge on any atom is 0.329 e. The Morgan fingerprint density at radius 3 is 1.68 bits per heavy atom. The van der Waals surface area contributed by atoms with Gasteiger partial charge in [0.25, 0.3) is 5.91 Å². The van der Waals surface area contributed by atoms with Gasteiger partial charge in [-0.1, -0.05) is 146 Å². The normalized spacial score (nSPS) is 23.0. The Labute approximate surface area is 588 Å². The van der Waals surface area contributed by atoms with Crippen molar-refractivity contribution < 1.29 is 77.0 Å². The second-order valence-electron chi connectivity index (χ2n) is 28.0. The third-order valence-electron chi connectivity index (χ3n) is 18.1. The molecule has 3 rings (SSSR count). The van der Waals surface area contributed by atoms with Crippen molar-refractivity contribution in [1.29, 1.82) is 0 Å². The van der Waals surface area contributed by atoms with Gasteiger partial charge in [0, 0.05) is 19.9 Å². The van der Waals surface area contributed by atoms with E-state index in [0.29, 0.717) is 18.4 Å². The highest BCUT2D eigenvalue weighted by Crippen LogP contribution is 2.23. The molecule has 0 aliphatic carbocycles. The maximum absolute atomic E-state index is 15.0. The van der Waals surface area contributed by atoms with Gasteiger partial charge in [0.15, 0.2) is 0 Å². The SMILES string of the molecule is C/C=C1\NC(=O)[C@H](Cc2ccccc2)NC(=O)[C@@H](C(C)C)NC(=O)[C@@H]([C@H](C)CC)NC(=O)[C@H](NC(=O)[C@H](NC(=O)[C@H](CCCN)NC(=O)[C@H]2CCCN2C(=O)[C@H](NC(=O)[C@@H](NC(=O)[C@@H](NC(=O)[C@H](NC(C)=O)C(C)C)[C@@H](C)O)C(C)C)C(C)C)[C@H](C)CC)[C@H](C)OC(=O)[C@H](C(C)C)NC1=O. The van der Waals surface area contributed by atoms with Crippen molar-refractivity contribution in [2.75, 3.05) is 13.1 Å². The highest BCUT2D eigenvalue weighted by Gasteiger charge is 2.44. The fourth-order valence-electron chi connectivity index (χ4n) is 11.4. The van der Waals surface area contributed by atoms with Gasteiger partial charge in [0.2, 0.25) is 70.9 Å². The molecule has 560 valence electrons. The van der Waals surface area contributed by atoms with E-state index in [9.17, 15) is 67.4 Å². The summed E-state index contributed by atoms with van der Waals surface area (Å²) in [5, 5.41) is 42.6. The number of nitrogens with zero attached hydrogens (tertiary/aromatic N) is 1. The van der Waals surface area contributed by atoms with E-state index in [1.165, 1.54) is 38.7 Å². The number of benzene rings is 1. The average molecular weight is 1410 g/mol. The smallest absolute Gasteiger partial charge is 0.329 e. The van der Waals surface area contributed by atoms with Crippen molar-refractivity contribution in [3.05, 3.63) is 47.7 Å². The van der Waals surface area contributed by atoms with Crippen molar-refractivity contribution in [3.63, 3.8) is 0 Å². The number of ether oxygens (including phenoxy) is 1. The van der Waals surface area contributed by atoms with Gasteiger partial charge < -0.3 is 84.3 Å². The van der Waals surface area contributed by atoms with E-state index in [2.05, 4.69) is 63.8 Å². The summed E-state index contributed by atoms with van der Waals surface area (Å²) in [4.78, 5) is 200. The zero-order valence-corrected chi connectivity index (χ0v) is 61.5. The van der Waals surface area contributed by atoms with E-state index in [1.54, 1.807) is 127 Å². The number of aliphatic hydroxyl groups excluding tert-OH is 1. The summed E-state index contributed by atoms with van der Waals surface area (Å²) in [7, 11) is 0. The molecule has 2 aliphatic rings. The first-order valence-corrected chi connectivity index (χ1v) is 35.1. The Morgan fingerprint density at radius 2 is 1.16 bits per heavy atom. The Morgan fingerprint density at radius 1 is 0.630 bits per heavy atom. The van der Waals surface area contributed by atoms with Gasteiger partial charge in [-0.15, -0.1) is 0 Å². The van der Waals surface area contributed by atoms with Gasteiger partial charge in [-0.05, 0) is 100.0 Å². The van der Waals surface area contributed by atoms with Crippen LogP contribution in [-0.2, 0) is 78.3 Å². The van der Waals surface area contributed by atoms with Gasteiger partial charge in [0.05, 0.1) is 6.10 Å². The lowest BCUT2D eigenvalue weighted by molar-refractivity contribution is -0.157. The molecule has 15 N–H and O–H groups in total. The number of nitrogens with two attached hydrogens (primary N) is 1. The maximum atomic E-state index is 15.0. The number of likely N-dealkylation sites (tertiary alicyclic amines) is 1. The van der Waals surface area contributed by atoms with Crippen LogP contribution in [0.25, 0.3) is 0 Å². The molecule has 13 amide bonds. The molecule has 100 heavy (non-hydrogen) atoms. The number of nitrogens with one attached hydrogen (secondary N) is 12. The van der Waals surface area contributed by atoms with Crippen molar-refractivity contribution >= 4 is 82.8 Å². The van der Waals surface area contributed by atoms with Crippen LogP contribution in [0.2, 0.25) is 0 Å². The Balaban J connectivity index is 2.03. The molecule has 1 aromatic carbocycles. The minimum absolute atomic E-state index is 0.0353.